The lowest BCUT2D eigenvalue weighted by atomic mass is 10.2. The topological polar surface area (TPSA) is 89.7 Å². The number of ether oxygens (including phenoxy) is 1. The number of rotatable bonds is 5. The van der Waals surface area contributed by atoms with Crippen LogP contribution in [0.2, 0.25) is 0 Å². The minimum absolute atomic E-state index is 0.0365. The number of nitro benzene ring substituents is 1. The number of fused-ring (bicyclic) bond motifs is 2. The second kappa shape index (κ2) is 8.85. The van der Waals surface area contributed by atoms with Gasteiger partial charge in [-0.05, 0) is 48.0 Å². The first kappa shape index (κ1) is 20.4. The molecule has 1 aliphatic heterocycles. The number of anilines is 2. The summed E-state index contributed by atoms with van der Waals surface area (Å²) in [7, 11) is 0. The van der Waals surface area contributed by atoms with Gasteiger partial charge in [0.25, 0.3) is 11.6 Å². The number of nitrogens with zero attached hydrogens (tertiary/aromatic N) is 2. The van der Waals surface area contributed by atoms with E-state index in [1.54, 1.807) is 16.7 Å². The Bertz CT molecular complexity index is 1150. The molecule has 3 aromatic carbocycles. The molecule has 0 saturated heterocycles. The van der Waals surface area contributed by atoms with Gasteiger partial charge in [0.05, 0.1) is 16.3 Å². The van der Waals surface area contributed by atoms with Gasteiger partial charge in [-0.1, -0.05) is 36.0 Å². The van der Waals surface area contributed by atoms with Crippen LogP contribution >= 0.6 is 11.8 Å². The molecule has 1 aliphatic rings. The Kier molecular flexibility index (Phi) is 5.81. The van der Waals surface area contributed by atoms with Gasteiger partial charge in [0.15, 0.2) is 6.61 Å². The Balaban J connectivity index is 1.44. The van der Waals surface area contributed by atoms with Crippen molar-refractivity contribution >= 4 is 46.8 Å². The first-order valence-corrected chi connectivity index (χ1v) is 10.1. The highest BCUT2D eigenvalue weighted by molar-refractivity contribution is 7.99. The van der Waals surface area contributed by atoms with Crippen LogP contribution in [0.4, 0.5) is 17.1 Å². The maximum absolute atomic E-state index is 13.0. The average molecular weight is 432 g/mol. The first-order chi connectivity index (χ1) is 15.0. The van der Waals surface area contributed by atoms with Gasteiger partial charge in [-0.25, -0.2) is 4.79 Å². The highest BCUT2D eigenvalue weighted by atomic mass is 32.2. The van der Waals surface area contributed by atoms with Gasteiger partial charge in [0, 0.05) is 28.0 Å². The zero-order valence-electron chi connectivity index (χ0n) is 16.1. The molecule has 7 nitrogen and oxygen atoms in total. The summed E-state index contributed by atoms with van der Waals surface area (Å²) in [5.74, 6) is -1.04. The van der Waals surface area contributed by atoms with Crippen LogP contribution in [0.25, 0.3) is 6.08 Å². The van der Waals surface area contributed by atoms with Crippen LogP contribution in [0, 0.1) is 10.1 Å². The molecule has 0 bridgehead atoms. The smallest absolute Gasteiger partial charge is 0.331 e. The van der Waals surface area contributed by atoms with Crippen molar-refractivity contribution in [1.82, 2.24) is 0 Å². The fourth-order valence-electron chi connectivity index (χ4n) is 3.09. The molecule has 0 fully saturated rings. The number of non-ortho nitro benzene ring substituents is 1. The summed E-state index contributed by atoms with van der Waals surface area (Å²) >= 11 is 1.58. The molecular weight excluding hydrogens is 416 g/mol. The van der Waals surface area contributed by atoms with Crippen molar-refractivity contribution in [3.8, 4) is 0 Å². The van der Waals surface area contributed by atoms with Gasteiger partial charge in [-0.2, -0.15) is 0 Å². The van der Waals surface area contributed by atoms with Crippen molar-refractivity contribution in [1.29, 1.82) is 0 Å². The van der Waals surface area contributed by atoms with Gasteiger partial charge in [-0.15, -0.1) is 0 Å². The molecule has 0 radical (unpaired) electrons. The van der Waals surface area contributed by atoms with Crippen molar-refractivity contribution in [2.75, 3.05) is 11.5 Å². The summed E-state index contributed by atoms with van der Waals surface area (Å²) in [6.07, 6.45) is 2.65. The SMILES string of the molecule is O=C(C=Cc1ccc([N+](=O)[O-])cc1)OCC(=O)N1c2ccccc2Sc2ccccc21. The van der Waals surface area contributed by atoms with E-state index in [1.165, 1.54) is 36.4 Å². The van der Waals surface area contributed by atoms with E-state index in [9.17, 15) is 19.7 Å². The molecule has 0 aliphatic carbocycles. The predicted octanol–water partition coefficient (Wildman–Crippen LogP) is 4.98. The molecule has 0 spiro atoms. The summed E-state index contributed by atoms with van der Waals surface area (Å²) in [5, 5.41) is 10.7. The third kappa shape index (κ3) is 4.49. The lowest BCUT2D eigenvalue weighted by molar-refractivity contribution is -0.384. The fraction of sp³-hybridized carbons (Fsp3) is 0.0435. The largest absolute Gasteiger partial charge is 0.452 e. The fourth-order valence-corrected chi connectivity index (χ4v) is 4.15. The van der Waals surface area contributed by atoms with Crippen LogP contribution in [0.1, 0.15) is 5.56 Å². The van der Waals surface area contributed by atoms with Crippen molar-refractivity contribution < 1.29 is 19.2 Å². The maximum Gasteiger partial charge on any atom is 0.331 e. The van der Waals surface area contributed by atoms with E-state index in [-0.39, 0.29) is 11.6 Å². The second-order valence-electron chi connectivity index (χ2n) is 6.56. The third-order valence-electron chi connectivity index (χ3n) is 4.54. The Morgan fingerprint density at radius 2 is 1.52 bits per heavy atom. The van der Waals surface area contributed by atoms with E-state index in [0.717, 1.165) is 21.2 Å². The van der Waals surface area contributed by atoms with Crippen molar-refractivity contribution in [2.45, 2.75) is 9.79 Å². The van der Waals surface area contributed by atoms with E-state index < -0.39 is 17.5 Å². The van der Waals surface area contributed by atoms with Crippen LogP contribution in [-0.2, 0) is 14.3 Å². The van der Waals surface area contributed by atoms with Crippen LogP contribution in [0.5, 0.6) is 0 Å². The molecule has 0 saturated carbocycles. The van der Waals surface area contributed by atoms with Crippen LogP contribution < -0.4 is 4.90 Å². The van der Waals surface area contributed by atoms with E-state index in [2.05, 4.69) is 0 Å². The molecule has 0 aromatic heterocycles. The van der Waals surface area contributed by atoms with Crippen molar-refractivity contribution in [2.24, 2.45) is 0 Å². The van der Waals surface area contributed by atoms with Gasteiger partial charge >= 0.3 is 5.97 Å². The Morgan fingerprint density at radius 3 is 2.10 bits per heavy atom. The molecular formula is C23H16N2O5S. The van der Waals surface area contributed by atoms with Gasteiger partial charge in [0.2, 0.25) is 0 Å². The molecule has 0 atom stereocenters. The Morgan fingerprint density at radius 1 is 0.935 bits per heavy atom. The number of para-hydroxylation sites is 2. The number of esters is 1. The van der Waals surface area contributed by atoms with Crippen molar-refractivity contribution in [3.63, 3.8) is 0 Å². The zero-order valence-corrected chi connectivity index (χ0v) is 17.0. The van der Waals surface area contributed by atoms with Gasteiger partial charge in [0.1, 0.15) is 0 Å². The van der Waals surface area contributed by atoms with E-state index in [4.69, 9.17) is 4.74 Å². The highest BCUT2D eigenvalue weighted by Gasteiger charge is 2.28. The first-order valence-electron chi connectivity index (χ1n) is 9.31. The Hall–Kier alpha value is -3.91. The lowest BCUT2D eigenvalue weighted by Crippen LogP contribution is -2.32. The zero-order chi connectivity index (χ0) is 21.8. The molecule has 1 heterocycles. The summed E-state index contributed by atoms with van der Waals surface area (Å²) < 4.78 is 5.14. The van der Waals surface area contributed by atoms with Crippen molar-refractivity contribution in [3.05, 3.63) is 94.6 Å². The number of amides is 1. The number of carbonyl (C=O) groups excluding carboxylic acids is 2. The number of hydrogen-bond donors (Lipinski definition) is 0. The van der Waals surface area contributed by atoms with E-state index in [1.807, 2.05) is 48.5 Å². The lowest BCUT2D eigenvalue weighted by Gasteiger charge is -2.30. The number of hydrogen-bond acceptors (Lipinski definition) is 6. The van der Waals surface area contributed by atoms with E-state index >= 15 is 0 Å². The molecule has 31 heavy (non-hydrogen) atoms. The molecule has 0 unspecified atom stereocenters. The summed E-state index contributed by atoms with van der Waals surface area (Å²) in [6, 6.07) is 20.8. The average Bonchev–Trinajstić information content (AvgIpc) is 2.79. The number of nitro groups is 1. The molecule has 3 aromatic rings. The minimum atomic E-state index is -0.681. The van der Waals surface area contributed by atoms with E-state index in [0.29, 0.717) is 5.56 Å². The second-order valence-corrected chi connectivity index (χ2v) is 7.64. The monoisotopic (exact) mass is 432 g/mol. The number of benzene rings is 3. The highest BCUT2D eigenvalue weighted by Crippen LogP contribution is 2.47. The molecule has 8 heteroatoms. The Labute approximate surface area is 182 Å². The molecule has 1 amide bonds. The normalized spacial score (nSPS) is 12.2. The molecule has 4 rings (SSSR count). The van der Waals surface area contributed by atoms with Crippen LogP contribution in [-0.4, -0.2) is 23.4 Å². The maximum atomic E-state index is 13.0. The van der Waals surface area contributed by atoms with Crippen LogP contribution in [0.15, 0.2) is 88.7 Å². The third-order valence-corrected chi connectivity index (χ3v) is 5.67. The summed E-state index contributed by atoms with van der Waals surface area (Å²) in [4.78, 5) is 38.7. The molecule has 154 valence electrons. The van der Waals surface area contributed by atoms with Crippen LogP contribution in [0.3, 0.4) is 0 Å². The summed E-state index contributed by atoms with van der Waals surface area (Å²) in [5.41, 5.74) is 2.05. The summed E-state index contributed by atoms with van der Waals surface area (Å²) in [6.45, 7) is -0.420. The van der Waals surface area contributed by atoms with Gasteiger partial charge < -0.3 is 4.74 Å². The quantitative estimate of drug-likeness (QED) is 0.244. The standard InChI is InChI=1S/C23H16N2O5S/c26-22(15-30-23(27)14-11-16-9-12-17(13-10-16)25(28)29)24-18-5-1-3-7-20(18)31-21-8-4-2-6-19(21)24/h1-14H,15H2. The molecule has 0 N–H and O–H groups in total. The minimum Gasteiger partial charge on any atom is -0.452 e. The predicted molar refractivity (Wildman–Crippen MR) is 117 cm³/mol. The van der Waals surface area contributed by atoms with Gasteiger partial charge in [-0.3, -0.25) is 19.8 Å². The number of carbonyl (C=O) groups is 2.